The first-order valence-electron chi connectivity index (χ1n) is 8.44. The van der Waals surface area contributed by atoms with E-state index in [4.69, 9.17) is 4.74 Å². The van der Waals surface area contributed by atoms with Gasteiger partial charge >= 0.3 is 5.69 Å². The monoisotopic (exact) mass is 349 g/mol. The summed E-state index contributed by atoms with van der Waals surface area (Å²) in [6.45, 7) is 3.84. The summed E-state index contributed by atoms with van der Waals surface area (Å²) in [7, 11) is 2.97. The van der Waals surface area contributed by atoms with Gasteiger partial charge in [0.05, 0.1) is 12.4 Å². The lowest BCUT2D eigenvalue weighted by molar-refractivity contribution is -0.135. The van der Waals surface area contributed by atoms with Crippen molar-refractivity contribution < 1.29 is 9.53 Å². The summed E-state index contributed by atoms with van der Waals surface area (Å²) in [6, 6.07) is 0. The van der Waals surface area contributed by atoms with Crippen LogP contribution in [0.1, 0.15) is 19.8 Å². The highest BCUT2D eigenvalue weighted by atomic mass is 16.5. The maximum Gasteiger partial charge on any atom is 0.332 e. The van der Waals surface area contributed by atoms with Crippen LogP contribution in [0.25, 0.3) is 11.2 Å². The Balaban J connectivity index is 1.87. The number of ether oxygens (including phenoxy) is 1. The third-order valence-electron chi connectivity index (χ3n) is 4.66. The molecule has 3 heterocycles. The molecule has 2 aromatic heterocycles. The van der Waals surface area contributed by atoms with Gasteiger partial charge in [-0.1, -0.05) is 0 Å². The van der Waals surface area contributed by atoms with Crippen molar-refractivity contribution in [1.82, 2.24) is 23.6 Å². The van der Waals surface area contributed by atoms with E-state index >= 15 is 0 Å². The lowest BCUT2D eigenvalue weighted by atomic mass is 10.1. The number of aryl methyl sites for hydroxylation is 1. The van der Waals surface area contributed by atoms with Gasteiger partial charge in [-0.05, 0) is 19.8 Å². The number of piperidine rings is 1. The smallest absolute Gasteiger partial charge is 0.332 e. The molecule has 0 aromatic carbocycles. The Morgan fingerprint density at radius 1 is 1.32 bits per heavy atom. The van der Waals surface area contributed by atoms with Gasteiger partial charge in [0, 0.05) is 33.8 Å². The van der Waals surface area contributed by atoms with Crippen LogP contribution < -0.4 is 11.2 Å². The van der Waals surface area contributed by atoms with E-state index in [1.54, 1.807) is 11.9 Å². The fraction of sp³-hybridized carbons (Fsp3) is 0.625. The lowest BCUT2D eigenvalue weighted by Gasteiger charge is -2.32. The Labute approximate surface area is 144 Å². The summed E-state index contributed by atoms with van der Waals surface area (Å²) >= 11 is 0. The second-order valence-corrected chi connectivity index (χ2v) is 6.31. The Kier molecular flexibility index (Phi) is 4.76. The highest BCUT2D eigenvalue weighted by Crippen LogP contribution is 2.14. The van der Waals surface area contributed by atoms with Crippen LogP contribution in [0.5, 0.6) is 0 Å². The number of hydrogen-bond acceptors (Lipinski definition) is 5. The van der Waals surface area contributed by atoms with E-state index in [-0.39, 0.29) is 29.7 Å². The minimum Gasteiger partial charge on any atom is -0.377 e. The molecular formula is C16H23N5O4. The SMILES string of the molecule is CCO[C@H]1CCCN(C(=O)Cn2cnc3c2c(=O)n(C)c(=O)n3C)C1. The maximum atomic E-state index is 12.7. The van der Waals surface area contributed by atoms with Crippen molar-refractivity contribution in [1.29, 1.82) is 0 Å². The van der Waals surface area contributed by atoms with Crippen LogP contribution in [0.4, 0.5) is 0 Å². The lowest BCUT2D eigenvalue weighted by Crippen LogP contribution is -2.44. The Hall–Kier alpha value is -2.42. The van der Waals surface area contributed by atoms with Crippen LogP contribution in [0.3, 0.4) is 0 Å². The molecule has 136 valence electrons. The first-order chi connectivity index (χ1) is 11.9. The number of rotatable bonds is 4. The predicted octanol–water partition coefficient (Wildman–Crippen LogP) is -0.539. The summed E-state index contributed by atoms with van der Waals surface area (Å²) in [5.41, 5.74) is -0.345. The number of nitrogens with zero attached hydrogens (tertiary/aromatic N) is 5. The number of imidazole rings is 1. The number of amides is 1. The highest BCUT2D eigenvalue weighted by molar-refractivity contribution is 5.79. The van der Waals surface area contributed by atoms with E-state index in [9.17, 15) is 14.4 Å². The maximum absolute atomic E-state index is 12.7. The molecule has 3 rings (SSSR count). The second-order valence-electron chi connectivity index (χ2n) is 6.31. The van der Waals surface area contributed by atoms with Gasteiger partial charge in [0.1, 0.15) is 6.54 Å². The number of fused-ring (bicyclic) bond motifs is 1. The third-order valence-corrected chi connectivity index (χ3v) is 4.66. The zero-order valence-electron chi connectivity index (χ0n) is 14.8. The molecule has 0 N–H and O–H groups in total. The molecule has 25 heavy (non-hydrogen) atoms. The predicted molar refractivity (Wildman–Crippen MR) is 91.4 cm³/mol. The average molecular weight is 349 g/mol. The summed E-state index contributed by atoms with van der Waals surface area (Å²) in [4.78, 5) is 42.9. The number of carbonyl (C=O) groups excluding carboxylic acids is 1. The normalized spacial score (nSPS) is 18.0. The van der Waals surface area contributed by atoms with Crippen molar-refractivity contribution in [2.75, 3.05) is 19.7 Å². The molecule has 1 aliphatic heterocycles. The van der Waals surface area contributed by atoms with Crippen molar-refractivity contribution in [3.05, 3.63) is 27.2 Å². The van der Waals surface area contributed by atoms with Gasteiger partial charge in [0.15, 0.2) is 11.2 Å². The Morgan fingerprint density at radius 3 is 2.80 bits per heavy atom. The van der Waals surface area contributed by atoms with Crippen LogP contribution in [-0.4, -0.2) is 55.3 Å². The molecule has 9 nitrogen and oxygen atoms in total. The Morgan fingerprint density at radius 2 is 2.08 bits per heavy atom. The largest absolute Gasteiger partial charge is 0.377 e. The van der Waals surface area contributed by atoms with Crippen LogP contribution >= 0.6 is 0 Å². The van der Waals surface area contributed by atoms with Crippen molar-refractivity contribution >= 4 is 17.1 Å². The minimum atomic E-state index is -0.450. The van der Waals surface area contributed by atoms with Gasteiger partial charge in [0.25, 0.3) is 5.56 Å². The molecule has 2 aromatic rings. The summed E-state index contributed by atoms with van der Waals surface area (Å²) in [6.07, 6.45) is 3.36. The van der Waals surface area contributed by atoms with E-state index in [2.05, 4.69) is 4.98 Å². The van der Waals surface area contributed by atoms with E-state index in [1.165, 1.54) is 22.5 Å². The minimum absolute atomic E-state index is 0.0167. The zero-order valence-corrected chi connectivity index (χ0v) is 14.8. The van der Waals surface area contributed by atoms with E-state index in [0.29, 0.717) is 19.7 Å². The van der Waals surface area contributed by atoms with Gasteiger partial charge in [-0.25, -0.2) is 9.78 Å². The molecular weight excluding hydrogens is 326 g/mol. The molecule has 1 aliphatic rings. The molecule has 0 aliphatic carbocycles. The quantitative estimate of drug-likeness (QED) is 0.739. The summed E-state index contributed by atoms with van der Waals surface area (Å²) < 4.78 is 9.48. The molecule has 1 fully saturated rings. The standard InChI is InChI=1S/C16H23N5O4/c1-4-25-11-6-5-7-20(8-11)12(22)9-21-10-17-14-13(21)15(23)19(3)16(24)18(14)2/h10-11H,4-9H2,1-3H3/t11-/m0/s1. The first kappa shape index (κ1) is 17.4. The fourth-order valence-corrected chi connectivity index (χ4v) is 3.30. The molecule has 0 spiro atoms. The molecule has 1 amide bonds. The van der Waals surface area contributed by atoms with Gasteiger partial charge < -0.3 is 14.2 Å². The van der Waals surface area contributed by atoms with Gasteiger partial charge in [0.2, 0.25) is 5.91 Å². The number of aromatic nitrogens is 4. The molecule has 0 unspecified atom stereocenters. The van der Waals surface area contributed by atoms with E-state index in [1.807, 2.05) is 6.92 Å². The van der Waals surface area contributed by atoms with Crippen LogP contribution in [0.15, 0.2) is 15.9 Å². The number of hydrogen-bond donors (Lipinski definition) is 0. The van der Waals surface area contributed by atoms with Gasteiger partial charge in [-0.2, -0.15) is 0 Å². The first-order valence-corrected chi connectivity index (χ1v) is 8.44. The summed E-state index contributed by atoms with van der Waals surface area (Å²) in [5, 5.41) is 0. The van der Waals surface area contributed by atoms with E-state index in [0.717, 1.165) is 17.4 Å². The van der Waals surface area contributed by atoms with Crippen LogP contribution in [0.2, 0.25) is 0 Å². The summed E-state index contributed by atoms with van der Waals surface area (Å²) in [5.74, 6) is -0.0837. The fourth-order valence-electron chi connectivity index (χ4n) is 3.30. The third kappa shape index (κ3) is 3.11. The average Bonchev–Trinajstić information content (AvgIpc) is 3.02. The Bertz CT molecular complexity index is 908. The van der Waals surface area contributed by atoms with Crippen molar-refractivity contribution in [3.63, 3.8) is 0 Å². The van der Waals surface area contributed by atoms with Crippen LogP contribution in [0, 0.1) is 0 Å². The van der Waals surface area contributed by atoms with Gasteiger partial charge in [-0.15, -0.1) is 0 Å². The van der Waals surface area contributed by atoms with Crippen molar-refractivity contribution in [3.8, 4) is 0 Å². The number of carbonyl (C=O) groups is 1. The molecule has 0 saturated carbocycles. The highest BCUT2D eigenvalue weighted by Gasteiger charge is 2.25. The molecule has 9 heteroatoms. The topological polar surface area (TPSA) is 91.4 Å². The van der Waals surface area contributed by atoms with Crippen LogP contribution in [-0.2, 0) is 30.2 Å². The van der Waals surface area contributed by atoms with Gasteiger partial charge in [-0.3, -0.25) is 18.7 Å². The van der Waals surface area contributed by atoms with E-state index < -0.39 is 11.2 Å². The van der Waals surface area contributed by atoms with Crippen molar-refractivity contribution in [2.45, 2.75) is 32.4 Å². The molecule has 0 bridgehead atoms. The molecule has 1 saturated heterocycles. The molecule has 1 atom stereocenters. The second kappa shape index (κ2) is 6.83. The molecule has 0 radical (unpaired) electrons. The number of likely N-dealkylation sites (tertiary alicyclic amines) is 1. The zero-order chi connectivity index (χ0) is 18.1. The van der Waals surface area contributed by atoms with Crippen molar-refractivity contribution in [2.24, 2.45) is 14.1 Å².